The van der Waals surface area contributed by atoms with E-state index in [1.54, 1.807) is 6.08 Å². The summed E-state index contributed by atoms with van der Waals surface area (Å²) in [6.45, 7) is 0.681. The van der Waals surface area contributed by atoms with Crippen molar-refractivity contribution >= 4 is 12.2 Å². The van der Waals surface area contributed by atoms with Crippen molar-refractivity contribution in [2.45, 2.75) is 12.3 Å². The first-order valence-electron chi connectivity index (χ1n) is 10.1. The minimum atomic E-state index is -0.458. The van der Waals surface area contributed by atoms with Crippen LogP contribution in [-0.4, -0.2) is 31.3 Å². The number of halogens is 1. The highest BCUT2D eigenvalue weighted by atomic mass is 19.1. The third kappa shape index (κ3) is 4.58. The molecular weight excluding hydrogens is 395 g/mol. The predicted octanol–water partition coefficient (Wildman–Crippen LogP) is 5.17. The highest BCUT2D eigenvalue weighted by molar-refractivity contribution is 5.79. The number of nitrogens with zero attached hydrogens (tertiary/aromatic N) is 1. The predicted molar refractivity (Wildman–Crippen MR) is 117 cm³/mol. The van der Waals surface area contributed by atoms with E-state index >= 15 is 0 Å². The van der Waals surface area contributed by atoms with Gasteiger partial charge in [-0.25, -0.2) is 14.2 Å². The summed E-state index contributed by atoms with van der Waals surface area (Å²) in [6, 6.07) is 17.8. The van der Waals surface area contributed by atoms with Crippen molar-refractivity contribution < 1.29 is 18.7 Å². The molecule has 1 N–H and O–H groups in total. The lowest BCUT2D eigenvalue weighted by molar-refractivity contribution is 0.143. The third-order valence-corrected chi connectivity index (χ3v) is 5.26. The van der Waals surface area contributed by atoms with E-state index in [9.17, 15) is 9.18 Å². The maximum absolute atomic E-state index is 13.3. The number of aromatic nitrogens is 1. The van der Waals surface area contributed by atoms with Crippen molar-refractivity contribution in [3.05, 3.63) is 89.4 Å². The normalized spacial score (nSPS) is 12.5. The number of ether oxygens (including phenoxy) is 2. The lowest BCUT2D eigenvalue weighted by Gasteiger charge is -2.14. The summed E-state index contributed by atoms with van der Waals surface area (Å²) in [6.07, 6.45) is 4.75. The average Bonchev–Trinajstić information content (AvgIpc) is 3.11. The van der Waals surface area contributed by atoms with Crippen LogP contribution in [-0.2, 0) is 4.74 Å². The summed E-state index contributed by atoms with van der Waals surface area (Å²) in [5, 5.41) is 2.75. The molecule has 0 aliphatic heterocycles. The molecule has 1 aromatic heterocycles. The SMILES string of the molecule is COc1ncc(F)cc1C=CCCNC(=O)OCC1c2ccccc2-c2ccccc21. The van der Waals surface area contributed by atoms with Crippen LogP contribution in [0.15, 0.2) is 66.9 Å². The van der Waals surface area contributed by atoms with Gasteiger partial charge in [0.1, 0.15) is 12.4 Å². The number of methoxy groups -OCH3 is 1. The van der Waals surface area contributed by atoms with E-state index in [1.165, 1.54) is 35.4 Å². The fourth-order valence-electron chi connectivity index (χ4n) is 3.85. The molecule has 0 spiro atoms. The van der Waals surface area contributed by atoms with Gasteiger partial charge >= 0.3 is 6.09 Å². The van der Waals surface area contributed by atoms with E-state index in [4.69, 9.17) is 9.47 Å². The fraction of sp³-hybridized carbons (Fsp3) is 0.200. The van der Waals surface area contributed by atoms with Gasteiger partial charge in [0.2, 0.25) is 5.88 Å². The number of benzene rings is 2. The lowest BCUT2D eigenvalue weighted by Crippen LogP contribution is -2.26. The first-order chi connectivity index (χ1) is 15.2. The quantitative estimate of drug-likeness (QED) is 0.538. The minimum absolute atomic E-state index is 0.0333. The van der Waals surface area contributed by atoms with Crippen molar-refractivity contribution in [2.24, 2.45) is 0 Å². The van der Waals surface area contributed by atoms with Gasteiger partial charge in [0, 0.05) is 18.0 Å². The van der Waals surface area contributed by atoms with E-state index in [-0.39, 0.29) is 12.5 Å². The first-order valence-corrected chi connectivity index (χ1v) is 10.1. The Kier molecular flexibility index (Phi) is 6.26. The minimum Gasteiger partial charge on any atom is -0.481 e. The number of amides is 1. The Morgan fingerprint density at radius 2 is 1.81 bits per heavy atom. The zero-order chi connectivity index (χ0) is 21.6. The van der Waals surface area contributed by atoms with Crippen LogP contribution in [0, 0.1) is 5.82 Å². The summed E-state index contributed by atoms with van der Waals surface area (Å²) in [5.41, 5.74) is 5.29. The van der Waals surface area contributed by atoms with Crippen molar-refractivity contribution in [1.29, 1.82) is 0 Å². The van der Waals surface area contributed by atoms with Gasteiger partial charge in [-0.05, 0) is 34.7 Å². The number of rotatable bonds is 7. The Morgan fingerprint density at radius 3 is 2.48 bits per heavy atom. The van der Waals surface area contributed by atoms with Gasteiger partial charge in [0.05, 0.1) is 13.3 Å². The largest absolute Gasteiger partial charge is 0.481 e. The monoisotopic (exact) mass is 418 g/mol. The molecule has 5 nitrogen and oxygen atoms in total. The van der Waals surface area contributed by atoms with Gasteiger partial charge in [-0.1, -0.05) is 60.7 Å². The summed E-state index contributed by atoms with van der Waals surface area (Å²) >= 11 is 0. The Labute approximate surface area is 180 Å². The van der Waals surface area contributed by atoms with Crippen LogP contribution in [0.4, 0.5) is 9.18 Å². The summed E-state index contributed by atoms with van der Waals surface area (Å²) in [5.74, 6) is -0.0506. The number of nitrogens with one attached hydrogen (secondary N) is 1. The zero-order valence-electron chi connectivity index (χ0n) is 17.2. The topological polar surface area (TPSA) is 60.5 Å². The van der Waals surface area contributed by atoms with Crippen molar-refractivity contribution in [3.8, 4) is 17.0 Å². The van der Waals surface area contributed by atoms with E-state index in [1.807, 2.05) is 30.3 Å². The summed E-state index contributed by atoms with van der Waals surface area (Å²) < 4.78 is 23.9. The molecule has 2 aromatic carbocycles. The molecular formula is C25H23FN2O3. The van der Waals surface area contributed by atoms with Crippen LogP contribution in [0.3, 0.4) is 0 Å². The molecule has 1 heterocycles. The second kappa shape index (κ2) is 9.43. The van der Waals surface area contributed by atoms with Gasteiger partial charge < -0.3 is 14.8 Å². The van der Waals surface area contributed by atoms with Crippen LogP contribution in [0.2, 0.25) is 0 Å². The van der Waals surface area contributed by atoms with Crippen molar-refractivity contribution in [2.75, 3.05) is 20.3 Å². The Bertz CT molecular complexity index is 1070. The standard InChI is InChI=1S/C25H23FN2O3/c1-30-24-17(14-18(26)15-28-24)8-6-7-13-27-25(29)31-16-23-21-11-4-2-9-19(21)20-10-3-5-12-22(20)23/h2-6,8-12,14-15,23H,7,13,16H2,1H3,(H,27,29). The molecule has 0 saturated carbocycles. The molecule has 158 valence electrons. The fourth-order valence-corrected chi connectivity index (χ4v) is 3.85. The van der Waals surface area contributed by atoms with Gasteiger partial charge in [-0.15, -0.1) is 0 Å². The molecule has 3 aromatic rings. The van der Waals surface area contributed by atoms with Gasteiger partial charge in [-0.3, -0.25) is 0 Å². The second-order valence-corrected chi connectivity index (χ2v) is 7.20. The first kappa shape index (κ1) is 20.6. The highest BCUT2D eigenvalue weighted by Crippen LogP contribution is 2.44. The number of hydrogen-bond donors (Lipinski definition) is 1. The molecule has 4 rings (SSSR count). The maximum atomic E-state index is 13.3. The highest BCUT2D eigenvalue weighted by Gasteiger charge is 2.28. The van der Waals surface area contributed by atoms with Crippen LogP contribution >= 0.6 is 0 Å². The molecule has 0 unspecified atom stereocenters. The molecule has 0 atom stereocenters. The molecule has 0 saturated heterocycles. The molecule has 1 aliphatic rings. The van der Waals surface area contributed by atoms with Crippen LogP contribution in [0.25, 0.3) is 17.2 Å². The van der Waals surface area contributed by atoms with Crippen LogP contribution in [0.1, 0.15) is 29.0 Å². The summed E-state index contributed by atoms with van der Waals surface area (Å²) in [7, 11) is 1.48. The Balaban J connectivity index is 1.28. The number of hydrogen-bond acceptors (Lipinski definition) is 4. The maximum Gasteiger partial charge on any atom is 0.407 e. The van der Waals surface area contributed by atoms with E-state index < -0.39 is 11.9 Å². The smallest absolute Gasteiger partial charge is 0.407 e. The third-order valence-electron chi connectivity index (χ3n) is 5.26. The van der Waals surface area contributed by atoms with Crippen LogP contribution in [0.5, 0.6) is 5.88 Å². The molecule has 1 amide bonds. The van der Waals surface area contributed by atoms with Gasteiger partial charge in [0.25, 0.3) is 0 Å². The van der Waals surface area contributed by atoms with Gasteiger partial charge in [-0.2, -0.15) is 0 Å². The zero-order valence-corrected chi connectivity index (χ0v) is 17.2. The van der Waals surface area contributed by atoms with E-state index in [0.717, 1.165) is 6.20 Å². The Morgan fingerprint density at radius 1 is 1.13 bits per heavy atom. The number of alkyl carbamates (subject to hydrolysis) is 1. The molecule has 0 bridgehead atoms. The summed E-state index contributed by atoms with van der Waals surface area (Å²) in [4.78, 5) is 16.0. The number of fused-ring (bicyclic) bond motifs is 3. The van der Waals surface area contributed by atoms with Crippen molar-refractivity contribution in [3.63, 3.8) is 0 Å². The number of pyridine rings is 1. The average molecular weight is 418 g/mol. The van der Waals surface area contributed by atoms with Crippen molar-refractivity contribution in [1.82, 2.24) is 10.3 Å². The van der Waals surface area contributed by atoms with Crippen LogP contribution < -0.4 is 10.1 Å². The Hall–Kier alpha value is -3.67. The lowest BCUT2D eigenvalue weighted by atomic mass is 9.98. The molecule has 31 heavy (non-hydrogen) atoms. The second-order valence-electron chi connectivity index (χ2n) is 7.20. The van der Waals surface area contributed by atoms with Gasteiger partial charge in [0.15, 0.2) is 0 Å². The molecule has 0 radical (unpaired) electrons. The number of carbonyl (C=O) groups excluding carboxylic acids is 1. The molecule has 6 heteroatoms. The van der Waals surface area contributed by atoms with E-state index in [0.29, 0.717) is 24.4 Å². The molecule has 0 fully saturated rings. The number of carbonyl (C=O) groups is 1. The van der Waals surface area contributed by atoms with E-state index in [2.05, 4.69) is 34.6 Å². The molecule has 1 aliphatic carbocycles.